The molecule has 3 rings (SSSR count). The third-order valence-electron chi connectivity index (χ3n) is 4.69. The van der Waals surface area contributed by atoms with Crippen molar-refractivity contribution in [3.05, 3.63) is 41.5 Å². The molecule has 8 heteroatoms. The molecule has 0 atom stereocenters. The van der Waals surface area contributed by atoms with E-state index < -0.39 is 0 Å². The predicted molar refractivity (Wildman–Crippen MR) is 105 cm³/mol. The highest BCUT2D eigenvalue weighted by atomic mass is 16.5. The topological polar surface area (TPSA) is 94.5 Å². The number of methoxy groups -OCH3 is 2. The monoisotopic (exact) mass is 386 g/mol. The average molecular weight is 386 g/mol. The molecule has 8 nitrogen and oxygen atoms in total. The lowest BCUT2D eigenvalue weighted by Crippen LogP contribution is -2.27. The molecule has 0 spiro atoms. The average Bonchev–Trinajstić information content (AvgIpc) is 3.11. The van der Waals surface area contributed by atoms with Gasteiger partial charge in [0.05, 0.1) is 12.8 Å². The molecule has 0 saturated carbocycles. The van der Waals surface area contributed by atoms with Crippen molar-refractivity contribution in [3.63, 3.8) is 0 Å². The predicted octanol–water partition coefficient (Wildman–Crippen LogP) is 2.25. The van der Waals surface area contributed by atoms with Crippen LogP contribution in [0.3, 0.4) is 0 Å². The van der Waals surface area contributed by atoms with Crippen LogP contribution in [0.2, 0.25) is 0 Å². The Morgan fingerprint density at radius 3 is 2.64 bits per heavy atom. The maximum absolute atomic E-state index is 12.8. The van der Waals surface area contributed by atoms with Crippen molar-refractivity contribution in [2.75, 3.05) is 32.7 Å². The van der Waals surface area contributed by atoms with E-state index in [1.54, 1.807) is 38.5 Å². The first-order valence-electron chi connectivity index (χ1n) is 9.46. The van der Waals surface area contributed by atoms with Gasteiger partial charge in [-0.1, -0.05) is 0 Å². The van der Waals surface area contributed by atoms with Crippen molar-refractivity contribution in [3.8, 4) is 5.75 Å². The van der Waals surface area contributed by atoms with Crippen molar-refractivity contribution in [1.29, 1.82) is 0 Å². The number of nitrogens with zero attached hydrogens (tertiary/aromatic N) is 2. The van der Waals surface area contributed by atoms with Gasteiger partial charge in [-0.3, -0.25) is 9.59 Å². The lowest BCUT2D eigenvalue weighted by Gasteiger charge is -2.17. The van der Waals surface area contributed by atoms with Crippen LogP contribution < -0.4 is 15.4 Å². The van der Waals surface area contributed by atoms with Gasteiger partial charge in [-0.2, -0.15) is 0 Å². The van der Waals surface area contributed by atoms with E-state index >= 15 is 0 Å². The molecule has 2 aromatic rings. The van der Waals surface area contributed by atoms with Gasteiger partial charge in [0.2, 0.25) is 0 Å². The second kappa shape index (κ2) is 9.36. The number of fused-ring (bicyclic) bond motifs is 1. The van der Waals surface area contributed by atoms with Crippen LogP contribution in [0.5, 0.6) is 5.75 Å². The Balaban J connectivity index is 1.77. The molecule has 2 amide bonds. The highest BCUT2D eigenvalue weighted by molar-refractivity contribution is 6.03. The zero-order valence-electron chi connectivity index (χ0n) is 16.3. The van der Waals surface area contributed by atoms with E-state index in [0.29, 0.717) is 36.8 Å². The Kier molecular flexibility index (Phi) is 6.65. The van der Waals surface area contributed by atoms with Gasteiger partial charge >= 0.3 is 0 Å². The standard InChI is InChI=1S/C20H26N4O4/c1-27-13-5-11-21-19(25)17-16-6-3-4-12-24(16)18(23-17)20(26)22-14-7-9-15(28-2)10-8-14/h7-10H,3-6,11-13H2,1-2H3,(H,21,25)(H,22,26). The number of hydrogen-bond acceptors (Lipinski definition) is 5. The van der Waals surface area contributed by atoms with Gasteiger partial charge in [0.1, 0.15) is 11.4 Å². The number of anilines is 1. The van der Waals surface area contributed by atoms with Gasteiger partial charge < -0.3 is 24.7 Å². The number of ether oxygens (including phenoxy) is 2. The summed E-state index contributed by atoms with van der Waals surface area (Å²) in [5.74, 6) is 0.410. The fraction of sp³-hybridized carbons (Fsp3) is 0.450. The van der Waals surface area contributed by atoms with E-state index in [-0.39, 0.29) is 17.6 Å². The first-order chi connectivity index (χ1) is 13.6. The largest absolute Gasteiger partial charge is 0.497 e. The number of aromatic nitrogens is 2. The van der Waals surface area contributed by atoms with Crippen molar-refractivity contribution < 1.29 is 19.1 Å². The summed E-state index contributed by atoms with van der Waals surface area (Å²) in [6.45, 7) is 1.77. The van der Waals surface area contributed by atoms with Crippen LogP contribution in [0, 0.1) is 0 Å². The number of rotatable bonds is 8. The van der Waals surface area contributed by atoms with E-state index in [1.807, 2.05) is 4.57 Å². The zero-order chi connectivity index (χ0) is 19.9. The lowest BCUT2D eigenvalue weighted by atomic mass is 10.1. The molecule has 0 radical (unpaired) electrons. The van der Waals surface area contributed by atoms with E-state index in [2.05, 4.69) is 15.6 Å². The normalized spacial score (nSPS) is 12.9. The molecule has 0 unspecified atom stereocenters. The first kappa shape index (κ1) is 19.9. The number of nitrogens with one attached hydrogen (secondary N) is 2. The number of hydrogen-bond donors (Lipinski definition) is 2. The lowest BCUT2D eigenvalue weighted by molar-refractivity contribution is 0.0942. The molecule has 1 aromatic carbocycles. The number of carbonyl (C=O) groups is 2. The number of amides is 2. The fourth-order valence-electron chi connectivity index (χ4n) is 3.26. The Morgan fingerprint density at radius 1 is 1.14 bits per heavy atom. The quantitative estimate of drug-likeness (QED) is 0.679. The van der Waals surface area contributed by atoms with Gasteiger partial charge in [-0.25, -0.2) is 4.98 Å². The summed E-state index contributed by atoms with van der Waals surface area (Å²) in [6.07, 6.45) is 3.41. The zero-order valence-corrected chi connectivity index (χ0v) is 16.3. The summed E-state index contributed by atoms with van der Waals surface area (Å²) < 4.78 is 12.0. The van der Waals surface area contributed by atoms with Gasteiger partial charge in [0.25, 0.3) is 11.8 Å². The minimum Gasteiger partial charge on any atom is -0.497 e. The van der Waals surface area contributed by atoms with Gasteiger partial charge in [-0.05, 0) is 49.9 Å². The van der Waals surface area contributed by atoms with Crippen molar-refractivity contribution in [2.24, 2.45) is 0 Å². The van der Waals surface area contributed by atoms with Gasteiger partial charge in [-0.15, -0.1) is 0 Å². The molecule has 1 aliphatic heterocycles. The Labute approximate surface area is 164 Å². The summed E-state index contributed by atoms with van der Waals surface area (Å²) in [7, 11) is 3.22. The molecule has 0 aliphatic carbocycles. The molecule has 0 saturated heterocycles. The molecular formula is C20H26N4O4. The fourth-order valence-corrected chi connectivity index (χ4v) is 3.26. The Morgan fingerprint density at radius 2 is 1.93 bits per heavy atom. The van der Waals surface area contributed by atoms with Crippen LogP contribution in [0.4, 0.5) is 5.69 Å². The Hall–Kier alpha value is -2.87. The van der Waals surface area contributed by atoms with Crippen LogP contribution in [0.1, 0.15) is 46.1 Å². The van der Waals surface area contributed by atoms with Crippen LogP contribution in [0.25, 0.3) is 0 Å². The molecule has 1 aromatic heterocycles. The summed E-state index contributed by atoms with van der Waals surface area (Å²) in [6, 6.07) is 7.07. The minimum atomic E-state index is -0.327. The van der Waals surface area contributed by atoms with Crippen LogP contribution in [-0.2, 0) is 17.7 Å². The Bertz CT molecular complexity index is 829. The summed E-state index contributed by atoms with van der Waals surface area (Å²) >= 11 is 0. The molecule has 0 fully saturated rings. The second-order valence-corrected chi connectivity index (χ2v) is 6.62. The molecule has 28 heavy (non-hydrogen) atoms. The van der Waals surface area contributed by atoms with E-state index in [1.165, 1.54) is 0 Å². The molecule has 0 bridgehead atoms. The van der Waals surface area contributed by atoms with E-state index in [9.17, 15) is 9.59 Å². The van der Waals surface area contributed by atoms with Crippen LogP contribution in [0.15, 0.2) is 24.3 Å². The third-order valence-corrected chi connectivity index (χ3v) is 4.69. The van der Waals surface area contributed by atoms with Crippen LogP contribution >= 0.6 is 0 Å². The van der Waals surface area contributed by atoms with Gasteiger partial charge in [0.15, 0.2) is 5.82 Å². The highest BCUT2D eigenvalue weighted by Crippen LogP contribution is 2.22. The molecule has 2 N–H and O–H groups in total. The van der Waals surface area contributed by atoms with Crippen LogP contribution in [-0.4, -0.2) is 48.7 Å². The third kappa shape index (κ3) is 4.51. The van der Waals surface area contributed by atoms with Crippen molar-refractivity contribution in [1.82, 2.24) is 14.9 Å². The molecular weight excluding hydrogens is 360 g/mol. The second-order valence-electron chi connectivity index (χ2n) is 6.62. The molecule has 2 heterocycles. The molecule has 1 aliphatic rings. The smallest absolute Gasteiger partial charge is 0.291 e. The maximum Gasteiger partial charge on any atom is 0.291 e. The molecule has 150 valence electrons. The number of carbonyl (C=O) groups excluding carboxylic acids is 2. The first-order valence-corrected chi connectivity index (χ1v) is 9.46. The number of benzene rings is 1. The minimum absolute atomic E-state index is 0.245. The number of imidazole rings is 1. The van der Waals surface area contributed by atoms with Crippen molar-refractivity contribution in [2.45, 2.75) is 32.2 Å². The van der Waals surface area contributed by atoms with Gasteiger partial charge in [0, 0.05) is 32.5 Å². The summed E-state index contributed by atoms with van der Waals surface area (Å²) in [5.41, 5.74) is 1.82. The maximum atomic E-state index is 12.8. The highest BCUT2D eigenvalue weighted by Gasteiger charge is 2.27. The van der Waals surface area contributed by atoms with E-state index in [4.69, 9.17) is 9.47 Å². The summed E-state index contributed by atoms with van der Waals surface area (Å²) in [4.78, 5) is 29.8. The van der Waals surface area contributed by atoms with Crippen molar-refractivity contribution >= 4 is 17.5 Å². The summed E-state index contributed by atoms with van der Waals surface area (Å²) in [5, 5.41) is 5.70. The SMILES string of the molecule is COCCCNC(=O)c1nc(C(=O)Nc2ccc(OC)cc2)n2c1CCCC2. The van der Waals surface area contributed by atoms with E-state index in [0.717, 1.165) is 31.4 Å².